The minimum absolute atomic E-state index is 0.205. The predicted molar refractivity (Wildman–Crippen MR) is 34.8 cm³/mol. The van der Waals surface area contributed by atoms with E-state index in [-0.39, 0.29) is 4.49 Å². The van der Waals surface area contributed by atoms with Crippen molar-refractivity contribution in [2.45, 2.75) is 0 Å². The van der Waals surface area contributed by atoms with Gasteiger partial charge in [0.05, 0.1) is 0 Å². The number of hydrogen-bond donors (Lipinski definition) is 0. The van der Waals surface area contributed by atoms with Gasteiger partial charge >= 0.3 is 0 Å². The van der Waals surface area contributed by atoms with Gasteiger partial charge in [0, 0.05) is 5.54 Å². The van der Waals surface area contributed by atoms with E-state index in [1.54, 1.807) is 0 Å². The van der Waals surface area contributed by atoms with Crippen LogP contribution in [0.4, 0.5) is 0 Å². The van der Waals surface area contributed by atoms with Gasteiger partial charge in [-0.3, -0.25) is 0 Å². The van der Waals surface area contributed by atoms with Gasteiger partial charge in [-0.25, -0.2) is 0 Å². The third-order valence-corrected chi connectivity index (χ3v) is 0.692. The Kier molecular flexibility index (Phi) is 4.73. The fourth-order valence-corrected chi connectivity index (χ4v) is 0.327. The van der Waals surface area contributed by atoms with Crippen LogP contribution in [0.3, 0.4) is 0 Å². The highest BCUT2D eigenvalue weighted by Gasteiger charge is 1.72. The van der Waals surface area contributed by atoms with Gasteiger partial charge in [0.1, 0.15) is 4.49 Å². The van der Waals surface area contributed by atoms with Crippen LogP contribution >= 0.6 is 34.8 Å². The zero-order valence-corrected chi connectivity index (χ0v) is 5.63. The van der Waals surface area contributed by atoms with Crippen LogP contribution in [0.15, 0.2) is 22.2 Å². The number of rotatable bonds is 1. The van der Waals surface area contributed by atoms with E-state index in [9.17, 15) is 0 Å². The molecule has 0 aliphatic carbocycles. The summed E-state index contributed by atoms with van der Waals surface area (Å²) in [5, 5.41) is 0. The summed E-state index contributed by atoms with van der Waals surface area (Å²) in [4.78, 5) is 0. The minimum Gasteiger partial charge on any atom is -0.0930 e. The molecule has 0 heterocycles. The number of hydrogen-bond acceptors (Lipinski definition) is 0. The molecule has 0 rings (SSSR count). The fraction of sp³-hybridized carbons (Fsp3) is 0. The molecule has 0 unspecified atom stereocenters. The summed E-state index contributed by atoms with van der Waals surface area (Å²) in [7, 11) is 0. The third kappa shape index (κ3) is 6.35. The lowest BCUT2D eigenvalue weighted by atomic mass is 10.6. The Morgan fingerprint density at radius 3 is 2.00 bits per heavy atom. The van der Waals surface area contributed by atoms with Crippen molar-refractivity contribution in [1.29, 1.82) is 0 Å². The summed E-state index contributed by atoms with van der Waals surface area (Å²) in [5.74, 6) is 0. The molecule has 7 heavy (non-hydrogen) atoms. The van der Waals surface area contributed by atoms with Crippen molar-refractivity contribution in [3.63, 3.8) is 0 Å². The Morgan fingerprint density at radius 1 is 1.29 bits per heavy atom. The van der Waals surface area contributed by atoms with E-state index >= 15 is 0 Å². The second kappa shape index (κ2) is 4.51. The molecule has 0 aliphatic rings. The van der Waals surface area contributed by atoms with Crippen molar-refractivity contribution in [2.24, 2.45) is 0 Å². The Balaban J connectivity index is 3.46. The van der Waals surface area contributed by atoms with Crippen molar-refractivity contribution >= 4 is 34.8 Å². The number of allylic oxidation sites excluding steroid dienone is 2. The molecule has 0 nitrogen and oxygen atoms in total. The molecule has 3 heteroatoms. The second-order valence-corrected chi connectivity index (χ2v) is 2.03. The molecule has 0 atom stereocenters. The first-order valence-electron chi connectivity index (χ1n) is 1.55. The maximum Gasteiger partial charge on any atom is 0.106 e. The van der Waals surface area contributed by atoms with E-state index < -0.39 is 0 Å². The van der Waals surface area contributed by atoms with Gasteiger partial charge in [0.2, 0.25) is 0 Å². The lowest BCUT2D eigenvalue weighted by molar-refractivity contribution is 2.04. The van der Waals surface area contributed by atoms with Crippen molar-refractivity contribution < 1.29 is 0 Å². The maximum atomic E-state index is 5.17. The molecule has 0 spiro atoms. The summed E-state index contributed by atoms with van der Waals surface area (Å²) in [6.07, 6.45) is 3.02. The van der Waals surface area contributed by atoms with Crippen molar-refractivity contribution in [3.8, 4) is 0 Å². The Morgan fingerprint density at radius 2 is 1.86 bits per heavy atom. The minimum atomic E-state index is 0.205. The van der Waals surface area contributed by atoms with Crippen LogP contribution in [0.25, 0.3) is 0 Å². The molecular formula is C4H3Cl3. The van der Waals surface area contributed by atoms with Crippen molar-refractivity contribution in [1.82, 2.24) is 0 Å². The largest absolute Gasteiger partial charge is 0.106 e. The smallest absolute Gasteiger partial charge is 0.0930 e. The lowest BCUT2D eigenvalue weighted by Gasteiger charge is -1.71. The second-order valence-electron chi connectivity index (χ2n) is 0.775. The van der Waals surface area contributed by atoms with E-state index in [2.05, 4.69) is 0 Å². The van der Waals surface area contributed by atoms with Crippen LogP contribution in [0.5, 0.6) is 0 Å². The van der Waals surface area contributed by atoms with Gasteiger partial charge < -0.3 is 0 Å². The molecule has 0 saturated carbocycles. The molecule has 0 aliphatic heterocycles. The molecule has 40 valence electrons. The van der Waals surface area contributed by atoms with E-state index in [4.69, 9.17) is 34.8 Å². The first-order valence-corrected chi connectivity index (χ1v) is 2.74. The highest BCUT2D eigenvalue weighted by Crippen LogP contribution is 2.05. The summed E-state index contributed by atoms with van der Waals surface area (Å²) >= 11 is 15.4. The summed E-state index contributed by atoms with van der Waals surface area (Å²) in [5.41, 5.74) is 1.32. The van der Waals surface area contributed by atoms with Crippen molar-refractivity contribution in [2.75, 3.05) is 0 Å². The highest BCUT2D eigenvalue weighted by atomic mass is 35.5. The molecule has 0 aromatic rings. The third-order valence-electron chi connectivity index (χ3n) is 0.295. The van der Waals surface area contributed by atoms with E-state index in [1.807, 2.05) is 0 Å². The molecule has 0 aromatic carbocycles. The van der Waals surface area contributed by atoms with Crippen LogP contribution < -0.4 is 0 Å². The van der Waals surface area contributed by atoms with Gasteiger partial charge in [0.25, 0.3) is 0 Å². The zero-order chi connectivity index (χ0) is 5.70. The molecule has 0 aromatic heterocycles. The normalized spacial score (nSPS) is 9.57. The molecule has 0 fully saturated rings. The SMILES string of the molecule is ClC=CC=C(Cl)Cl. The molecule has 0 bridgehead atoms. The van der Waals surface area contributed by atoms with E-state index in [0.29, 0.717) is 0 Å². The fourth-order valence-electron chi connectivity index (χ4n) is 0.109. The van der Waals surface area contributed by atoms with Crippen LogP contribution in [-0.4, -0.2) is 0 Å². The molecule has 0 saturated heterocycles. The maximum absolute atomic E-state index is 5.17. The van der Waals surface area contributed by atoms with Gasteiger partial charge in [-0.1, -0.05) is 34.8 Å². The average molecular weight is 157 g/mol. The predicted octanol–water partition coefficient (Wildman–Crippen LogP) is 3.06. The standard InChI is InChI=1S/C4H3Cl3/c5-3-1-2-4(6)7/h1-3H. The summed E-state index contributed by atoms with van der Waals surface area (Å²) in [6.45, 7) is 0. The lowest BCUT2D eigenvalue weighted by Crippen LogP contribution is -1.45. The van der Waals surface area contributed by atoms with Crippen molar-refractivity contribution in [3.05, 3.63) is 22.2 Å². The van der Waals surface area contributed by atoms with Gasteiger partial charge in [0.15, 0.2) is 0 Å². The Labute approximate surface area is 57.4 Å². The first-order chi connectivity index (χ1) is 3.27. The van der Waals surface area contributed by atoms with E-state index in [0.717, 1.165) is 0 Å². The Hall–Kier alpha value is 0.350. The summed E-state index contributed by atoms with van der Waals surface area (Å²) in [6, 6.07) is 0. The number of halogens is 3. The topological polar surface area (TPSA) is 0 Å². The zero-order valence-electron chi connectivity index (χ0n) is 3.37. The Bertz CT molecular complexity index is 89.1. The van der Waals surface area contributed by atoms with Crippen LogP contribution in [0.2, 0.25) is 0 Å². The monoisotopic (exact) mass is 156 g/mol. The average Bonchev–Trinajstić information content (AvgIpc) is 1.61. The summed E-state index contributed by atoms with van der Waals surface area (Å²) < 4.78 is 0.205. The molecule has 0 N–H and O–H groups in total. The molecule has 0 amide bonds. The van der Waals surface area contributed by atoms with Gasteiger partial charge in [-0.15, -0.1) is 0 Å². The van der Waals surface area contributed by atoms with Crippen LogP contribution in [-0.2, 0) is 0 Å². The van der Waals surface area contributed by atoms with Gasteiger partial charge in [-0.05, 0) is 12.2 Å². The van der Waals surface area contributed by atoms with Crippen LogP contribution in [0.1, 0.15) is 0 Å². The quantitative estimate of drug-likeness (QED) is 0.513. The molecular weight excluding hydrogens is 154 g/mol. The molecule has 0 radical (unpaired) electrons. The highest BCUT2D eigenvalue weighted by molar-refractivity contribution is 6.56. The van der Waals surface area contributed by atoms with Crippen LogP contribution in [0, 0.1) is 0 Å². The van der Waals surface area contributed by atoms with Gasteiger partial charge in [-0.2, -0.15) is 0 Å². The van der Waals surface area contributed by atoms with E-state index in [1.165, 1.54) is 17.7 Å². The first kappa shape index (κ1) is 7.35.